The van der Waals surface area contributed by atoms with Crippen LogP contribution in [0.4, 0.5) is 5.69 Å². The number of hydrogen-bond donors (Lipinski definition) is 1. The molecule has 0 aliphatic heterocycles. The minimum Gasteiger partial charge on any atom is -0.366 e. The third-order valence-corrected chi connectivity index (χ3v) is 4.07. The van der Waals surface area contributed by atoms with E-state index in [1.165, 1.54) is 11.3 Å². The number of imidazole rings is 1. The van der Waals surface area contributed by atoms with Gasteiger partial charge in [-0.25, -0.2) is 4.98 Å². The fourth-order valence-corrected chi connectivity index (χ4v) is 2.87. The maximum absolute atomic E-state index is 4.37. The molecule has 114 valence electrons. The Morgan fingerprint density at radius 1 is 1.38 bits per heavy atom. The summed E-state index contributed by atoms with van der Waals surface area (Å²) in [6.45, 7) is 5.99. The van der Waals surface area contributed by atoms with Crippen molar-refractivity contribution in [2.75, 3.05) is 11.9 Å². The number of anilines is 1. The molecule has 0 aliphatic carbocycles. The van der Waals surface area contributed by atoms with Gasteiger partial charge < -0.3 is 14.8 Å². The van der Waals surface area contributed by atoms with Crippen molar-refractivity contribution < 1.29 is 0 Å². The zero-order valence-electron chi connectivity index (χ0n) is 13.1. The Morgan fingerprint density at radius 3 is 2.71 bits per heavy atom. The molecule has 2 aromatic rings. The Hall–Kier alpha value is -1.33. The first-order valence-electron chi connectivity index (χ1n) is 7.16. The second-order valence-corrected chi connectivity index (χ2v) is 6.49. The molecule has 2 rings (SSSR count). The van der Waals surface area contributed by atoms with Gasteiger partial charge in [-0.05, 0) is 33.6 Å². The van der Waals surface area contributed by atoms with E-state index >= 15 is 0 Å². The molecular weight excluding hydrogens is 328 g/mol. The van der Waals surface area contributed by atoms with Crippen molar-refractivity contribution in [3.8, 4) is 0 Å². The minimum atomic E-state index is 0.495. The second-order valence-electron chi connectivity index (χ2n) is 5.63. The standard InChI is InChI=1S/C16H23BrN4/c1-12(2)19-10-13-5-6-15(14(17)9-13)21(4)11-16-18-7-8-20(16)3/h5-9,12,19H,10-11H2,1-4H3. The average molecular weight is 351 g/mol. The highest BCUT2D eigenvalue weighted by Crippen LogP contribution is 2.27. The number of nitrogens with zero attached hydrogens (tertiary/aromatic N) is 3. The zero-order valence-corrected chi connectivity index (χ0v) is 14.7. The number of hydrogen-bond acceptors (Lipinski definition) is 3. The molecule has 21 heavy (non-hydrogen) atoms. The number of halogens is 1. The van der Waals surface area contributed by atoms with E-state index < -0.39 is 0 Å². The molecule has 4 nitrogen and oxygen atoms in total. The summed E-state index contributed by atoms with van der Waals surface area (Å²) in [5, 5.41) is 3.43. The summed E-state index contributed by atoms with van der Waals surface area (Å²) in [5.41, 5.74) is 2.45. The summed E-state index contributed by atoms with van der Waals surface area (Å²) in [7, 11) is 4.10. The van der Waals surface area contributed by atoms with Crippen molar-refractivity contribution in [1.29, 1.82) is 0 Å². The Morgan fingerprint density at radius 2 is 2.14 bits per heavy atom. The van der Waals surface area contributed by atoms with Gasteiger partial charge in [0.1, 0.15) is 5.82 Å². The van der Waals surface area contributed by atoms with Crippen LogP contribution in [0.1, 0.15) is 25.2 Å². The van der Waals surface area contributed by atoms with E-state index in [0.717, 1.165) is 23.4 Å². The molecule has 0 aliphatic rings. The average Bonchev–Trinajstić information content (AvgIpc) is 2.82. The van der Waals surface area contributed by atoms with Gasteiger partial charge in [0.05, 0.1) is 12.2 Å². The third-order valence-electron chi connectivity index (χ3n) is 3.44. The van der Waals surface area contributed by atoms with Crippen molar-refractivity contribution in [3.05, 3.63) is 46.5 Å². The van der Waals surface area contributed by atoms with E-state index in [0.29, 0.717) is 6.04 Å². The Kier molecular flexibility index (Phi) is 5.42. The lowest BCUT2D eigenvalue weighted by molar-refractivity contribution is 0.588. The first kappa shape index (κ1) is 16.0. The molecule has 5 heteroatoms. The van der Waals surface area contributed by atoms with Crippen LogP contribution in [0.15, 0.2) is 35.1 Å². The molecule has 0 fully saturated rings. The van der Waals surface area contributed by atoms with Gasteiger partial charge in [-0.3, -0.25) is 0 Å². The van der Waals surface area contributed by atoms with Crippen molar-refractivity contribution in [2.24, 2.45) is 7.05 Å². The van der Waals surface area contributed by atoms with Crippen LogP contribution in [0.5, 0.6) is 0 Å². The largest absolute Gasteiger partial charge is 0.366 e. The van der Waals surface area contributed by atoms with Gasteiger partial charge in [-0.2, -0.15) is 0 Å². The van der Waals surface area contributed by atoms with Gasteiger partial charge in [-0.1, -0.05) is 19.9 Å². The molecular formula is C16H23BrN4. The molecule has 0 bridgehead atoms. The minimum absolute atomic E-state index is 0.495. The van der Waals surface area contributed by atoms with Crippen LogP contribution in [0.2, 0.25) is 0 Å². The Bertz CT molecular complexity index is 592. The van der Waals surface area contributed by atoms with Crippen LogP contribution in [-0.4, -0.2) is 22.6 Å². The lowest BCUT2D eigenvalue weighted by Crippen LogP contribution is -2.22. The molecule has 1 aromatic heterocycles. The van der Waals surface area contributed by atoms with E-state index in [1.807, 2.05) is 24.0 Å². The molecule has 0 radical (unpaired) electrons. The monoisotopic (exact) mass is 350 g/mol. The van der Waals surface area contributed by atoms with Crippen LogP contribution in [0.3, 0.4) is 0 Å². The van der Waals surface area contributed by atoms with E-state index in [2.05, 4.69) is 70.2 Å². The maximum Gasteiger partial charge on any atom is 0.127 e. The number of benzene rings is 1. The SMILES string of the molecule is CC(C)NCc1ccc(N(C)Cc2nccn2C)c(Br)c1. The zero-order chi connectivity index (χ0) is 15.4. The first-order valence-corrected chi connectivity index (χ1v) is 7.96. The predicted octanol–water partition coefficient (Wildman–Crippen LogP) is 3.32. The highest BCUT2D eigenvalue weighted by Gasteiger charge is 2.09. The predicted molar refractivity (Wildman–Crippen MR) is 91.4 cm³/mol. The van der Waals surface area contributed by atoms with Crippen LogP contribution >= 0.6 is 15.9 Å². The number of nitrogens with one attached hydrogen (secondary N) is 1. The summed E-state index contributed by atoms with van der Waals surface area (Å²) in [5.74, 6) is 1.05. The molecule has 1 N–H and O–H groups in total. The molecule has 1 aromatic carbocycles. The highest BCUT2D eigenvalue weighted by molar-refractivity contribution is 9.10. The smallest absolute Gasteiger partial charge is 0.127 e. The van der Waals surface area contributed by atoms with Gasteiger partial charge in [-0.15, -0.1) is 0 Å². The Labute approximate surface area is 135 Å². The maximum atomic E-state index is 4.37. The molecule has 0 spiro atoms. The van der Waals surface area contributed by atoms with Crippen LogP contribution in [-0.2, 0) is 20.1 Å². The summed E-state index contributed by atoms with van der Waals surface area (Å²) in [4.78, 5) is 6.57. The fourth-order valence-electron chi connectivity index (χ4n) is 2.14. The molecule has 0 saturated heterocycles. The van der Waals surface area contributed by atoms with Crippen LogP contribution in [0, 0.1) is 0 Å². The quantitative estimate of drug-likeness (QED) is 0.867. The molecule has 0 atom stereocenters. The van der Waals surface area contributed by atoms with Crippen LogP contribution < -0.4 is 10.2 Å². The molecule has 1 heterocycles. The van der Waals surface area contributed by atoms with E-state index in [9.17, 15) is 0 Å². The van der Waals surface area contributed by atoms with E-state index in [-0.39, 0.29) is 0 Å². The number of aryl methyl sites for hydroxylation is 1. The van der Waals surface area contributed by atoms with Gasteiger partial charge in [0.2, 0.25) is 0 Å². The lowest BCUT2D eigenvalue weighted by atomic mass is 10.2. The van der Waals surface area contributed by atoms with Gasteiger partial charge in [0.25, 0.3) is 0 Å². The normalized spacial score (nSPS) is 11.1. The van der Waals surface area contributed by atoms with E-state index in [4.69, 9.17) is 0 Å². The first-order chi connectivity index (χ1) is 9.97. The second kappa shape index (κ2) is 7.09. The third kappa shape index (κ3) is 4.32. The number of aromatic nitrogens is 2. The van der Waals surface area contributed by atoms with Crippen molar-refractivity contribution >= 4 is 21.6 Å². The van der Waals surface area contributed by atoms with Crippen molar-refractivity contribution in [2.45, 2.75) is 33.0 Å². The summed E-state index contributed by atoms with van der Waals surface area (Å²) in [6.07, 6.45) is 3.80. The van der Waals surface area contributed by atoms with Crippen LogP contribution in [0.25, 0.3) is 0 Å². The topological polar surface area (TPSA) is 33.1 Å². The Balaban J connectivity index is 2.07. The van der Waals surface area contributed by atoms with Gasteiger partial charge in [0, 0.05) is 43.5 Å². The molecule has 0 amide bonds. The number of rotatable bonds is 6. The molecule has 0 unspecified atom stereocenters. The van der Waals surface area contributed by atoms with Crippen molar-refractivity contribution in [3.63, 3.8) is 0 Å². The summed E-state index contributed by atoms with van der Waals surface area (Å²) in [6, 6.07) is 7.00. The van der Waals surface area contributed by atoms with Crippen molar-refractivity contribution in [1.82, 2.24) is 14.9 Å². The lowest BCUT2D eigenvalue weighted by Gasteiger charge is -2.21. The fraction of sp³-hybridized carbons (Fsp3) is 0.438. The molecule has 0 saturated carbocycles. The van der Waals surface area contributed by atoms with Gasteiger partial charge in [0.15, 0.2) is 0 Å². The van der Waals surface area contributed by atoms with E-state index in [1.54, 1.807) is 0 Å². The highest BCUT2D eigenvalue weighted by atomic mass is 79.9. The van der Waals surface area contributed by atoms with Gasteiger partial charge >= 0.3 is 0 Å². The summed E-state index contributed by atoms with van der Waals surface area (Å²) < 4.78 is 3.16. The summed E-state index contributed by atoms with van der Waals surface area (Å²) >= 11 is 3.68.